The number of halogens is 2. The number of carboxylic acid groups (broad SMARTS) is 1. The summed E-state index contributed by atoms with van der Waals surface area (Å²) >= 11 is 6.13. The Hall–Kier alpha value is -1.71. The number of hydrogen-bond donors (Lipinski definition) is 2. The molecule has 0 saturated heterocycles. The molecular weight excluding hydrogens is 331 g/mol. The summed E-state index contributed by atoms with van der Waals surface area (Å²) in [5, 5.41) is 8.68. The zero-order valence-corrected chi connectivity index (χ0v) is 11.9. The van der Waals surface area contributed by atoms with Crippen LogP contribution in [0.3, 0.4) is 0 Å². The Morgan fingerprint density at radius 2 is 2.15 bits per heavy atom. The van der Waals surface area contributed by atoms with Crippen molar-refractivity contribution >= 4 is 44.6 Å². The summed E-state index contributed by atoms with van der Waals surface area (Å²) in [6.07, 6.45) is 0. The summed E-state index contributed by atoms with van der Waals surface area (Å²) in [7, 11) is -4.16. The van der Waals surface area contributed by atoms with Gasteiger partial charge in [-0.05, 0) is 18.2 Å². The van der Waals surface area contributed by atoms with E-state index in [-0.39, 0.29) is 10.7 Å². The van der Waals surface area contributed by atoms with E-state index in [1.807, 2.05) is 0 Å². The van der Waals surface area contributed by atoms with Crippen molar-refractivity contribution in [2.45, 2.75) is 4.21 Å². The smallest absolute Gasteiger partial charge is 0.356 e. The number of nitrogens with zero attached hydrogens (tertiary/aromatic N) is 1. The number of aromatic carboxylic acids is 1. The molecule has 0 aliphatic rings. The van der Waals surface area contributed by atoms with Gasteiger partial charge in [0.05, 0.1) is 16.2 Å². The number of anilines is 1. The molecule has 0 amide bonds. The van der Waals surface area contributed by atoms with Crippen LogP contribution in [-0.4, -0.2) is 24.5 Å². The first-order valence-corrected chi connectivity index (χ1v) is 7.70. The predicted molar refractivity (Wildman–Crippen MR) is 71.3 cm³/mol. The van der Waals surface area contributed by atoms with Gasteiger partial charge in [-0.1, -0.05) is 11.6 Å². The molecule has 0 unspecified atom stereocenters. The normalized spacial score (nSPS) is 11.3. The lowest BCUT2D eigenvalue weighted by Crippen LogP contribution is -2.15. The second-order valence-corrected chi connectivity index (χ2v) is 6.67. The van der Waals surface area contributed by atoms with Gasteiger partial charge in [-0.2, -0.15) is 0 Å². The summed E-state index contributed by atoms with van der Waals surface area (Å²) in [5.74, 6) is -2.26. The molecule has 2 aromatic rings. The number of nitrogens with one attached hydrogen (secondary N) is 1. The molecule has 1 aromatic heterocycles. The molecule has 0 bridgehead atoms. The predicted octanol–water partition coefficient (Wildman–Crippen LogP) is 2.43. The number of carbonyl (C=O) groups is 1. The van der Waals surface area contributed by atoms with Crippen molar-refractivity contribution in [3.8, 4) is 0 Å². The molecule has 1 heterocycles. The van der Waals surface area contributed by atoms with Crippen LogP contribution in [0, 0.1) is 5.82 Å². The molecule has 0 spiro atoms. The van der Waals surface area contributed by atoms with Gasteiger partial charge in [0, 0.05) is 0 Å². The van der Waals surface area contributed by atoms with Gasteiger partial charge in [-0.3, -0.25) is 4.72 Å². The van der Waals surface area contributed by atoms with Crippen molar-refractivity contribution in [3.05, 3.63) is 40.2 Å². The molecule has 1 aromatic carbocycles. The highest BCUT2D eigenvalue weighted by Gasteiger charge is 2.25. The van der Waals surface area contributed by atoms with Gasteiger partial charge in [-0.25, -0.2) is 22.6 Å². The Morgan fingerprint density at radius 3 is 2.75 bits per heavy atom. The lowest BCUT2D eigenvalue weighted by Gasteiger charge is -2.07. The molecule has 106 valence electrons. The third kappa shape index (κ3) is 2.89. The fourth-order valence-electron chi connectivity index (χ4n) is 1.33. The van der Waals surface area contributed by atoms with Gasteiger partial charge >= 0.3 is 5.97 Å². The minimum atomic E-state index is -4.16. The van der Waals surface area contributed by atoms with Crippen LogP contribution in [0.4, 0.5) is 10.1 Å². The van der Waals surface area contributed by atoms with E-state index in [0.717, 1.165) is 11.6 Å². The van der Waals surface area contributed by atoms with Crippen molar-refractivity contribution in [3.63, 3.8) is 0 Å². The first-order chi connectivity index (χ1) is 9.31. The maximum absolute atomic E-state index is 13.2. The number of hydrogen-bond acceptors (Lipinski definition) is 5. The van der Waals surface area contributed by atoms with Crippen LogP contribution in [0.25, 0.3) is 0 Å². The highest BCUT2D eigenvalue weighted by molar-refractivity contribution is 7.94. The van der Waals surface area contributed by atoms with Crippen molar-refractivity contribution < 1.29 is 22.7 Å². The summed E-state index contributed by atoms with van der Waals surface area (Å²) in [5.41, 5.74) is 0.439. The Balaban J connectivity index is 2.38. The summed E-state index contributed by atoms with van der Waals surface area (Å²) in [4.78, 5) is 14.3. The highest BCUT2D eigenvalue weighted by Crippen LogP contribution is 2.25. The Bertz CT molecular complexity index is 775. The van der Waals surface area contributed by atoms with Gasteiger partial charge in [0.15, 0.2) is 9.90 Å². The minimum Gasteiger partial charge on any atom is -0.476 e. The van der Waals surface area contributed by atoms with Gasteiger partial charge in [0.1, 0.15) is 5.82 Å². The van der Waals surface area contributed by atoms with E-state index in [2.05, 4.69) is 9.71 Å². The molecule has 0 saturated carbocycles. The van der Waals surface area contributed by atoms with E-state index >= 15 is 0 Å². The second-order valence-electron chi connectivity index (χ2n) is 3.53. The lowest BCUT2D eigenvalue weighted by molar-refractivity contribution is 0.0687. The molecule has 6 nitrogen and oxygen atoms in total. The molecule has 20 heavy (non-hydrogen) atoms. The Kier molecular flexibility index (Phi) is 3.93. The van der Waals surface area contributed by atoms with Crippen LogP contribution in [0.1, 0.15) is 10.5 Å². The average molecular weight is 337 g/mol. The van der Waals surface area contributed by atoms with E-state index in [1.54, 1.807) is 0 Å². The van der Waals surface area contributed by atoms with Crippen molar-refractivity contribution in [1.29, 1.82) is 0 Å². The standard InChI is InChI=1S/C10H6ClFN2O4S2/c11-6-2-1-5(3-7(6)12)14-20(17,18)10-8(9(15)16)13-4-19-10/h1-4,14H,(H,15,16). The number of carboxylic acids is 1. The van der Waals surface area contributed by atoms with Crippen LogP contribution < -0.4 is 4.72 Å². The largest absolute Gasteiger partial charge is 0.476 e. The monoisotopic (exact) mass is 336 g/mol. The summed E-state index contributed by atoms with van der Waals surface area (Å²) in [6.45, 7) is 0. The summed E-state index contributed by atoms with van der Waals surface area (Å²) in [6, 6.07) is 3.32. The molecule has 2 rings (SSSR count). The minimum absolute atomic E-state index is 0.0726. The van der Waals surface area contributed by atoms with Crippen LogP contribution in [-0.2, 0) is 10.0 Å². The van der Waals surface area contributed by atoms with E-state index < -0.39 is 31.7 Å². The van der Waals surface area contributed by atoms with Crippen molar-refractivity contribution in [1.82, 2.24) is 4.98 Å². The number of rotatable bonds is 4. The van der Waals surface area contributed by atoms with Crippen LogP contribution >= 0.6 is 22.9 Å². The van der Waals surface area contributed by atoms with E-state index in [1.165, 1.54) is 12.1 Å². The van der Waals surface area contributed by atoms with E-state index in [9.17, 15) is 17.6 Å². The molecule has 0 atom stereocenters. The zero-order valence-electron chi connectivity index (χ0n) is 9.50. The average Bonchev–Trinajstić information content (AvgIpc) is 2.83. The Morgan fingerprint density at radius 1 is 1.45 bits per heavy atom. The van der Waals surface area contributed by atoms with Gasteiger partial charge in [0.25, 0.3) is 10.0 Å². The third-order valence-electron chi connectivity index (χ3n) is 2.15. The first kappa shape index (κ1) is 14.7. The van der Waals surface area contributed by atoms with Gasteiger partial charge < -0.3 is 5.11 Å². The third-order valence-corrected chi connectivity index (χ3v) is 5.21. The molecule has 0 aliphatic carbocycles. The molecule has 2 N–H and O–H groups in total. The summed E-state index contributed by atoms with van der Waals surface area (Å²) < 4.78 is 38.9. The van der Waals surface area contributed by atoms with E-state index in [0.29, 0.717) is 11.3 Å². The number of sulfonamides is 1. The van der Waals surface area contributed by atoms with Crippen LogP contribution in [0.5, 0.6) is 0 Å². The highest BCUT2D eigenvalue weighted by atomic mass is 35.5. The topological polar surface area (TPSA) is 96.4 Å². The number of aromatic nitrogens is 1. The molecular formula is C10H6ClFN2O4S2. The van der Waals surface area contributed by atoms with E-state index in [4.69, 9.17) is 16.7 Å². The lowest BCUT2D eigenvalue weighted by atomic mass is 10.3. The molecule has 10 heteroatoms. The number of thiazole rings is 1. The molecule has 0 aliphatic heterocycles. The maximum atomic E-state index is 13.2. The second kappa shape index (κ2) is 5.35. The fourth-order valence-corrected chi connectivity index (χ4v) is 3.64. The van der Waals surface area contributed by atoms with Crippen molar-refractivity contribution in [2.24, 2.45) is 0 Å². The van der Waals surface area contributed by atoms with Crippen molar-refractivity contribution in [2.75, 3.05) is 4.72 Å². The Labute approximate surface area is 121 Å². The van der Waals surface area contributed by atoms with Gasteiger partial charge in [-0.15, -0.1) is 11.3 Å². The van der Waals surface area contributed by atoms with Crippen LogP contribution in [0.2, 0.25) is 5.02 Å². The van der Waals surface area contributed by atoms with Gasteiger partial charge in [0.2, 0.25) is 0 Å². The number of benzene rings is 1. The first-order valence-electron chi connectivity index (χ1n) is 4.96. The zero-order chi connectivity index (χ0) is 14.9. The van der Waals surface area contributed by atoms with Crippen LogP contribution in [0.15, 0.2) is 27.9 Å². The fraction of sp³-hybridized carbons (Fsp3) is 0. The molecule has 0 radical (unpaired) electrons. The maximum Gasteiger partial charge on any atom is 0.356 e. The quantitative estimate of drug-likeness (QED) is 0.893. The SMILES string of the molecule is O=C(O)c1ncsc1S(=O)(=O)Nc1ccc(Cl)c(F)c1. The molecule has 0 fully saturated rings.